The van der Waals surface area contributed by atoms with Gasteiger partial charge in [-0.25, -0.2) is 4.79 Å². The Bertz CT molecular complexity index is 585. The molecule has 0 aliphatic carbocycles. The number of hydrogen-bond acceptors (Lipinski definition) is 5. The normalized spacial score (nSPS) is 18.5. The maximum atomic E-state index is 12.3. The summed E-state index contributed by atoms with van der Waals surface area (Å²) in [5.74, 6) is 0.839. The van der Waals surface area contributed by atoms with Crippen molar-refractivity contribution < 1.29 is 19.8 Å². The van der Waals surface area contributed by atoms with Crippen molar-refractivity contribution in [3.8, 4) is 0 Å². The van der Waals surface area contributed by atoms with Crippen LogP contribution in [0.2, 0.25) is 0 Å². The largest absolute Gasteiger partial charge is 0.473 e. The Kier molecular flexibility index (Phi) is 10.1. The van der Waals surface area contributed by atoms with Gasteiger partial charge in [-0.3, -0.25) is 4.79 Å². The zero-order chi connectivity index (χ0) is 19.5. The van der Waals surface area contributed by atoms with E-state index in [9.17, 15) is 14.7 Å². The van der Waals surface area contributed by atoms with Crippen LogP contribution in [0.1, 0.15) is 51.4 Å². The molecule has 1 heterocycles. The van der Waals surface area contributed by atoms with Crippen molar-refractivity contribution >= 4 is 34.7 Å². The van der Waals surface area contributed by atoms with Crippen LogP contribution >= 0.6 is 23.5 Å². The minimum atomic E-state index is -0.826. The topological polar surface area (TPSA) is 77.8 Å². The van der Waals surface area contributed by atoms with Crippen LogP contribution in [0.15, 0.2) is 35.2 Å². The van der Waals surface area contributed by atoms with Crippen molar-refractivity contribution in [1.82, 2.24) is 4.90 Å². The van der Waals surface area contributed by atoms with E-state index in [1.807, 2.05) is 35.2 Å². The smallest absolute Gasteiger partial charge is 0.364 e. The third-order valence-electron chi connectivity index (χ3n) is 4.72. The lowest BCUT2D eigenvalue weighted by atomic mass is 9.97. The quantitative estimate of drug-likeness (QED) is 0.308. The van der Waals surface area contributed by atoms with Crippen LogP contribution in [-0.4, -0.2) is 50.1 Å². The number of carbonyl (C=O) groups excluding carboxylic acids is 1. The number of nitrogens with zero attached hydrogens (tertiary/aromatic N) is 1. The number of benzene rings is 1. The monoisotopic (exact) mass is 411 g/mol. The molecule has 7 heteroatoms. The molecule has 0 bridgehead atoms. The van der Waals surface area contributed by atoms with Gasteiger partial charge in [0.05, 0.1) is 0 Å². The number of unbranched alkanes of at least 4 members (excludes halogenated alkanes) is 2. The number of thioether (sulfide) groups is 2. The van der Waals surface area contributed by atoms with Crippen LogP contribution in [0.25, 0.3) is 0 Å². The summed E-state index contributed by atoms with van der Waals surface area (Å²) in [5, 5.41) is 18.1. The summed E-state index contributed by atoms with van der Waals surface area (Å²) in [6, 6.07) is 10.1. The Hall–Kier alpha value is -1.18. The number of rotatable bonds is 11. The summed E-state index contributed by atoms with van der Waals surface area (Å²) in [7, 11) is 0. The minimum absolute atomic E-state index is 0.214. The molecule has 2 rings (SSSR count). The summed E-state index contributed by atoms with van der Waals surface area (Å²) >= 11 is 2.40. The first-order valence-corrected chi connectivity index (χ1v) is 11.5. The number of piperidine rings is 1. The third-order valence-corrected chi connectivity index (χ3v) is 6.51. The van der Waals surface area contributed by atoms with Gasteiger partial charge in [-0.1, -0.05) is 36.4 Å². The molecular formula is C20H29NO4S2. The number of carboxylic acid groups (broad SMARTS) is 1. The fourth-order valence-corrected chi connectivity index (χ4v) is 4.78. The van der Waals surface area contributed by atoms with Crippen LogP contribution in [0.4, 0.5) is 4.79 Å². The van der Waals surface area contributed by atoms with Crippen LogP contribution in [0.3, 0.4) is 0 Å². The van der Waals surface area contributed by atoms with Gasteiger partial charge in [0.25, 0.3) is 0 Å². The Morgan fingerprint density at radius 2 is 2.00 bits per heavy atom. The van der Waals surface area contributed by atoms with E-state index < -0.39 is 10.7 Å². The molecule has 1 saturated heterocycles. The van der Waals surface area contributed by atoms with E-state index in [0.717, 1.165) is 61.7 Å². The van der Waals surface area contributed by atoms with Gasteiger partial charge in [0.2, 0.25) is 5.91 Å². The highest BCUT2D eigenvalue weighted by atomic mass is 32.2. The predicted octanol–water partition coefficient (Wildman–Crippen LogP) is 4.84. The molecule has 1 unspecified atom stereocenters. The predicted molar refractivity (Wildman–Crippen MR) is 111 cm³/mol. The molecule has 1 amide bonds. The first-order valence-electron chi connectivity index (χ1n) is 9.61. The molecule has 27 heavy (non-hydrogen) atoms. The maximum absolute atomic E-state index is 12.3. The van der Waals surface area contributed by atoms with Gasteiger partial charge in [-0.05, 0) is 62.4 Å². The van der Waals surface area contributed by atoms with E-state index in [0.29, 0.717) is 18.6 Å². The van der Waals surface area contributed by atoms with E-state index in [-0.39, 0.29) is 11.9 Å². The van der Waals surface area contributed by atoms with Gasteiger partial charge >= 0.3 is 5.30 Å². The molecule has 0 saturated carbocycles. The lowest BCUT2D eigenvalue weighted by molar-refractivity contribution is -0.136. The van der Waals surface area contributed by atoms with E-state index in [1.54, 1.807) is 0 Å². The first kappa shape index (κ1) is 22.1. The fourth-order valence-electron chi connectivity index (χ4n) is 3.37. The van der Waals surface area contributed by atoms with Crippen LogP contribution < -0.4 is 0 Å². The molecule has 0 aromatic heterocycles. The molecule has 2 atom stereocenters. The Morgan fingerprint density at radius 1 is 1.22 bits per heavy atom. The molecule has 2 N–H and O–H groups in total. The highest BCUT2D eigenvalue weighted by Gasteiger charge is 2.27. The number of aliphatic hydroxyl groups is 1. The second-order valence-corrected chi connectivity index (χ2v) is 9.07. The van der Waals surface area contributed by atoms with Crippen molar-refractivity contribution in [3.63, 3.8) is 0 Å². The summed E-state index contributed by atoms with van der Waals surface area (Å²) in [6.07, 6.45) is 6.74. The van der Waals surface area contributed by atoms with Crippen molar-refractivity contribution in [2.45, 2.75) is 67.7 Å². The number of likely N-dealkylation sites (tertiary alicyclic amines) is 1. The molecule has 1 aromatic rings. The Morgan fingerprint density at radius 3 is 2.74 bits per heavy atom. The van der Waals surface area contributed by atoms with Gasteiger partial charge < -0.3 is 15.1 Å². The highest BCUT2D eigenvalue weighted by Crippen LogP contribution is 2.28. The van der Waals surface area contributed by atoms with Crippen molar-refractivity contribution in [2.24, 2.45) is 0 Å². The zero-order valence-electron chi connectivity index (χ0n) is 15.6. The second-order valence-electron chi connectivity index (χ2n) is 6.77. The average molecular weight is 412 g/mol. The van der Waals surface area contributed by atoms with E-state index in [2.05, 4.69) is 0 Å². The third kappa shape index (κ3) is 8.58. The molecule has 5 nitrogen and oxygen atoms in total. The molecule has 1 aromatic carbocycles. The lowest BCUT2D eigenvalue weighted by Gasteiger charge is -2.36. The average Bonchev–Trinajstić information content (AvgIpc) is 2.65. The van der Waals surface area contributed by atoms with Gasteiger partial charge in [0.15, 0.2) is 0 Å². The van der Waals surface area contributed by atoms with Crippen LogP contribution in [0, 0.1) is 0 Å². The Balaban J connectivity index is 1.72. The van der Waals surface area contributed by atoms with Crippen LogP contribution in [-0.2, 0) is 4.79 Å². The minimum Gasteiger partial charge on any atom is -0.473 e. The number of carbonyl (C=O) groups is 2. The van der Waals surface area contributed by atoms with Crippen molar-refractivity contribution in [1.29, 1.82) is 0 Å². The summed E-state index contributed by atoms with van der Waals surface area (Å²) < 4.78 is 0. The molecule has 0 radical (unpaired) electrons. The molecular weight excluding hydrogens is 382 g/mol. The van der Waals surface area contributed by atoms with E-state index >= 15 is 0 Å². The molecule has 150 valence electrons. The molecule has 1 aliphatic heterocycles. The molecule has 1 fully saturated rings. The van der Waals surface area contributed by atoms with Crippen molar-refractivity contribution in [3.05, 3.63) is 30.3 Å². The SMILES string of the molecule is O=C(O)SCCCCCN1C(=O)CCC[C@@H]1CCC(O)Sc1ccccc1. The zero-order valence-corrected chi connectivity index (χ0v) is 17.2. The highest BCUT2D eigenvalue weighted by molar-refractivity contribution is 8.13. The summed E-state index contributed by atoms with van der Waals surface area (Å²) in [5.41, 5.74) is -0.459. The second kappa shape index (κ2) is 12.3. The Labute approximate surface area is 169 Å². The number of aliphatic hydroxyl groups excluding tert-OH is 1. The number of amides is 1. The van der Waals surface area contributed by atoms with Gasteiger partial charge in [0.1, 0.15) is 5.44 Å². The van der Waals surface area contributed by atoms with Crippen molar-refractivity contribution in [2.75, 3.05) is 12.3 Å². The summed E-state index contributed by atoms with van der Waals surface area (Å²) in [6.45, 7) is 0.739. The standard InChI is InChI=1S/C20H29NO4S2/c22-18-11-7-8-16(21(18)14-5-2-6-15-26-20(24)25)12-13-19(23)27-17-9-3-1-4-10-17/h1,3-4,9-10,16,19,23H,2,5-8,11-15H2,(H,24,25)/t16-,19?/m1/s1. The van der Waals surface area contributed by atoms with Crippen LogP contribution in [0.5, 0.6) is 0 Å². The lowest BCUT2D eigenvalue weighted by Crippen LogP contribution is -2.44. The van der Waals surface area contributed by atoms with Gasteiger partial charge in [-0.15, -0.1) is 0 Å². The van der Waals surface area contributed by atoms with Gasteiger partial charge in [-0.2, -0.15) is 0 Å². The van der Waals surface area contributed by atoms with E-state index in [4.69, 9.17) is 5.11 Å². The molecule has 0 spiro atoms. The van der Waals surface area contributed by atoms with Gasteiger partial charge in [0, 0.05) is 29.7 Å². The fraction of sp³-hybridized carbons (Fsp3) is 0.600. The number of hydrogen-bond donors (Lipinski definition) is 2. The molecule has 1 aliphatic rings. The van der Waals surface area contributed by atoms with E-state index in [1.165, 1.54) is 11.8 Å². The summed E-state index contributed by atoms with van der Waals surface area (Å²) in [4.78, 5) is 25.9. The first-order chi connectivity index (χ1) is 13.1. The maximum Gasteiger partial charge on any atom is 0.364 e.